The van der Waals surface area contributed by atoms with Crippen molar-refractivity contribution in [2.45, 2.75) is 58.7 Å². The van der Waals surface area contributed by atoms with E-state index in [2.05, 4.69) is 35.4 Å². The van der Waals surface area contributed by atoms with Crippen molar-refractivity contribution in [2.24, 2.45) is 12.0 Å². The van der Waals surface area contributed by atoms with Crippen molar-refractivity contribution in [3.8, 4) is 0 Å². The Morgan fingerprint density at radius 3 is 2.69 bits per heavy atom. The number of rotatable bonds is 7. The molecule has 7 nitrogen and oxygen atoms in total. The van der Waals surface area contributed by atoms with Crippen molar-refractivity contribution < 1.29 is 9.50 Å². The number of nitrogens with zero attached hydrogens (tertiary/aromatic N) is 5. The minimum absolute atomic E-state index is 0.232. The van der Waals surface area contributed by atoms with Crippen LogP contribution in [0.2, 0.25) is 0 Å². The first kappa shape index (κ1) is 24.0. The third-order valence-electron chi connectivity index (χ3n) is 5.82. The maximum atomic E-state index is 14.8. The topological polar surface area (TPSA) is 68.9 Å². The van der Waals surface area contributed by atoms with E-state index in [0.717, 1.165) is 23.8 Å². The van der Waals surface area contributed by atoms with Gasteiger partial charge in [0.2, 0.25) is 0 Å². The normalized spacial score (nSPS) is 15.5. The van der Waals surface area contributed by atoms with Crippen molar-refractivity contribution in [1.29, 1.82) is 0 Å². The van der Waals surface area contributed by atoms with Gasteiger partial charge in [-0.1, -0.05) is 19.9 Å². The molecule has 8 heteroatoms. The minimum atomic E-state index is -0.271. The summed E-state index contributed by atoms with van der Waals surface area (Å²) in [6, 6.07) is 5.35. The Kier molecular flexibility index (Phi) is 8.12. The van der Waals surface area contributed by atoms with Crippen molar-refractivity contribution >= 4 is 11.6 Å². The van der Waals surface area contributed by atoms with Gasteiger partial charge in [0.1, 0.15) is 5.82 Å². The quantitative estimate of drug-likeness (QED) is 0.507. The largest absolute Gasteiger partial charge is 0.393 e. The Morgan fingerprint density at radius 2 is 2.06 bits per heavy atom. The number of anilines is 1. The fourth-order valence-electron chi connectivity index (χ4n) is 4.14. The van der Waals surface area contributed by atoms with Crippen LogP contribution in [-0.2, 0) is 20.1 Å². The molecule has 1 aliphatic rings. The highest BCUT2D eigenvalue weighted by Crippen LogP contribution is 2.25. The van der Waals surface area contributed by atoms with E-state index in [-0.39, 0.29) is 11.9 Å². The summed E-state index contributed by atoms with van der Waals surface area (Å²) in [4.78, 5) is 8.83. The summed E-state index contributed by atoms with van der Waals surface area (Å²) in [5.41, 5.74) is 3.71. The molecule has 0 spiro atoms. The molecule has 3 rings (SSSR count). The minimum Gasteiger partial charge on any atom is -0.393 e. The predicted octanol–water partition coefficient (Wildman–Crippen LogP) is 3.24. The van der Waals surface area contributed by atoms with E-state index < -0.39 is 0 Å². The first-order valence-corrected chi connectivity index (χ1v) is 11.5. The molecule has 0 unspecified atom stereocenters. The Bertz CT molecular complexity index is 917. The molecule has 1 saturated heterocycles. The van der Waals surface area contributed by atoms with E-state index in [1.807, 2.05) is 42.7 Å². The summed E-state index contributed by atoms with van der Waals surface area (Å²) in [5.74, 6) is 0.897. The number of guanidine groups is 1. The second-order valence-electron chi connectivity index (χ2n) is 8.90. The van der Waals surface area contributed by atoms with Crippen LogP contribution < -0.4 is 10.2 Å². The average molecular weight is 445 g/mol. The van der Waals surface area contributed by atoms with Gasteiger partial charge in [-0.05, 0) is 43.4 Å². The molecule has 0 aliphatic carbocycles. The number of hydrogen-bond acceptors (Lipinski definition) is 4. The van der Waals surface area contributed by atoms with Gasteiger partial charge in [-0.3, -0.25) is 4.68 Å². The molecule has 176 valence electrons. The van der Waals surface area contributed by atoms with Crippen molar-refractivity contribution in [3.05, 3.63) is 47.0 Å². The van der Waals surface area contributed by atoms with Crippen LogP contribution >= 0.6 is 0 Å². The molecule has 0 saturated carbocycles. The molecule has 1 aromatic heterocycles. The maximum Gasteiger partial charge on any atom is 0.194 e. The number of hydrogen-bond donors (Lipinski definition) is 2. The first-order valence-electron chi connectivity index (χ1n) is 11.5. The molecule has 0 atom stereocenters. The second-order valence-corrected chi connectivity index (χ2v) is 8.90. The van der Waals surface area contributed by atoms with Crippen LogP contribution in [0, 0.1) is 5.82 Å². The van der Waals surface area contributed by atoms with Crippen molar-refractivity contribution in [2.75, 3.05) is 31.6 Å². The van der Waals surface area contributed by atoms with Gasteiger partial charge in [0.25, 0.3) is 0 Å². The molecule has 2 heterocycles. The molecule has 2 N–H and O–H groups in total. The smallest absolute Gasteiger partial charge is 0.194 e. The van der Waals surface area contributed by atoms with Gasteiger partial charge in [0.05, 0.1) is 24.0 Å². The highest BCUT2D eigenvalue weighted by atomic mass is 19.1. The van der Waals surface area contributed by atoms with Gasteiger partial charge in [-0.15, -0.1) is 0 Å². The van der Waals surface area contributed by atoms with E-state index in [9.17, 15) is 9.50 Å². The van der Waals surface area contributed by atoms with Gasteiger partial charge in [-0.2, -0.15) is 5.10 Å². The maximum absolute atomic E-state index is 14.8. The number of nitrogens with one attached hydrogen (secondary N) is 1. The molecule has 1 fully saturated rings. The van der Waals surface area contributed by atoms with Crippen LogP contribution in [0.25, 0.3) is 0 Å². The van der Waals surface area contributed by atoms with Gasteiger partial charge >= 0.3 is 0 Å². The molecule has 32 heavy (non-hydrogen) atoms. The Labute approximate surface area is 190 Å². The van der Waals surface area contributed by atoms with E-state index in [1.54, 1.807) is 6.07 Å². The third-order valence-corrected chi connectivity index (χ3v) is 5.82. The van der Waals surface area contributed by atoms with E-state index in [0.29, 0.717) is 50.6 Å². The number of benzene rings is 1. The molecule has 1 aliphatic heterocycles. The number of halogens is 1. The molecular formula is C24H37FN6O. The molecule has 1 aromatic carbocycles. The molecular weight excluding hydrogens is 407 g/mol. The number of aliphatic hydroxyl groups excluding tert-OH is 1. The van der Waals surface area contributed by atoms with Gasteiger partial charge in [0, 0.05) is 52.0 Å². The zero-order valence-corrected chi connectivity index (χ0v) is 20.0. The highest BCUT2D eigenvalue weighted by Gasteiger charge is 2.20. The van der Waals surface area contributed by atoms with Crippen molar-refractivity contribution in [3.63, 3.8) is 0 Å². The van der Waals surface area contributed by atoms with E-state index in [1.165, 1.54) is 5.56 Å². The zero-order chi connectivity index (χ0) is 23.3. The van der Waals surface area contributed by atoms with Crippen LogP contribution in [0.5, 0.6) is 0 Å². The van der Waals surface area contributed by atoms with E-state index >= 15 is 0 Å². The fraction of sp³-hybridized carbons (Fsp3) is 0.583. The SMILES string of the molecule is CCNC(=NCc1ccc(N2CCC(O)CC2)c(F)c1)N(C)Cc1cn(C)nc1C(C)C. The Morgan fingerprint density at radius 1 is 1.34 bits per heavy atom. The molecule has 0 bridgehead atoms. The summed E-state index contributed by atoms with van der Waals surface area (Å²) in [6.07, 6.45) is 3.15. The third kappa shape index (κ3) is 6.00. The van der Waals surface area contributed by atoms with Gasteiger partial charge in [0.15, 0.2) is 5.96 Å². The zero-order valence-electron chi connectivity index (χ0n) is 20.0. The number of aliphatic hydroxyl groups is 1. The standard InChI is InChI=1S/C24H37FN6O/c1-6-26-24(29(4)15-19-16-30(5)28-23(19)17(2)3)27-14-18-7-8-22(21(25)13-18)31-11-9-20(32)10-12-31/h7-8,13,16-17,20,32H,6,9-12,14-15H2,1-5H3,(H,26,27). The lowest BCUT2D eigenvalue weighted by atomic mass is 10.1. The van der Waals surface area contributed by atoms with E-state index in [4.69, 9.17) is 4.99 Å². The predicted molar refractivity (Wildman–Crippen MR) is 127 cm³/mol. The van der Waals surface area contributed by atoms with Crippen LogP contribution in [0.1, 0.15) is 56.4 Å². The van der Waals surface area contributed by atoms with Crippen LogP contribution in [-0.4, -0.2) is 58.5 Å². The molecule has 0 amide bonds. The summed E-state index contributed by atoms with van der Waals surface area (Å²) in [5, 5.41) is 17.6. The lowest BCUT2D eigenvalue weighted by Crippen LogP contribution is -2.38. The lowest BCUT2D eigenvalue weighted by Gasteiger charge is -2.31. The highest BCUT2D eigenvalue weighted by molar-refractivity contribution is 5.79. The summed E-state index contributed by atoms with van der Waals surface area (Å²) < 4.78 is 16.6. The van der Waals surface area contributed by atoms with Crippen LogP contribution in [0.3, 0.4) is 0 Å². The van der Waals surface area contributed by atoms with Crippen molar-refractivity contribution in [1.82, 2.24) is 20.0 Å². The number of aryl methyl sites for hydroxylation is 1. The monoisotopic (exact) mass is 444 g/mol. The summed E-state index contributed by atoms with van der Waals surface area (Å²) in [7, 11) is 3.95. The fourth-order valence-corrected chi connectivity index (χ4v) is 4.14. The first-order chi connectivity index (χ1) is 15.3. The Hall–Kier alpha value is -2.61. The van der Waals surface area contributed by atoms with Gasteiger partial charge in [-0.25, -0.2) is 9.38 Å². The second kappa shape index (κ2) is 10.8. The summed E-state index contributed by atoms with van der Waals surface area (Å²) >= 11 is 0. The van der Waals surface area contributed by atoms with Crippen LogP contribution in [0.4, 0.5) is 10.1 Å². The lowest BCUT2D eigenvalue weighted by molar-refractivity contribution is 0.145. The Balaban J connectivity index is 1.70. The van der Waals surface area contributed by atoms with Gasteiger partial charge < -0.3 is 20.2 Å². The molecule has 0 radical (unpaired) electrons. The summed E-state index contributed by atoms with van der Waals surface area (Å²) in [6.45, 7) is 9.53. The molecule has 2 aromatic rings. The number of aromatic nitrogens is 2. The number of aliphatic imine (C=N–C) groups is 1. The van der Waals surface area contributed by atoms with Crippen LogP contribution in [0.15, 0.2) is 29.4 Å². The number of piperidine rings is 1. The average Bonchev–Trinajstić information content (AvgIpc) is 3.12.